The van der Waals surface area contributed by atoms with Crippen LogP contribution in [0.3, 0.4) is 0 Å². The van der Waals surface area contributed by atoms with Gasteiger partial charge < -0.3 is 25.3 Å². The Labute approximate surface area is 167 Å². The van der Waals surface area contributed by atoms with Gasteiger partial charge in [0.25, 0.3) is 0 Å². The molecule has 0 aliphatic carbocycles. The van der Waals surface area contributed by atoms with Crippen molar-refractivity contribution < 1.29 is 14.2 Å². The SMILES string of the molecule is COc1ccc(CCNC(N)=NCCCOCCOCc2ccccc2)cc1. The van der Waals surface area contributed by atoms with E-state index in [-0.39, 0.29) is 0 Å². The van der Waals surface area contributed by atoms with Crippen LogP contribution < -0.4 is 15.8 Å². The van der Waals surface area contributed by atoms with Gasteiger partial charge >= 0.3 is 0 Å². The molecule has 0 atom stereocenters. The molecular formula is C22H31N3O3. The molecule has 3 N–H and O–H groups in total. The first-order valence-corrected chi connectivity index (χ1v) is 9.64. The van der Waals surface area contributed by atoms with Crippen molar-refractivity contribution in [3.8, 4) is 5.75 Å². The number of benzene rings is 2. The summed E-state index contributed by atoms with van der Waals surface area (Å²) in [5.41, 5.74) is 8.28. The maximum atomic E-state index is 5.88. The molecule has 2 rings (SSSR count). The van der Waals surface area contributed by atoms with Gasteiger partial charge in [0.1, 0.15) is 5.75 Å². The molecule has 0 unspecified atom stereocenters. The normalized spacial score (nSPS) is 11.4. The van der Waals surface area contributed by atoms with Crippen LogP contribution in [0.25, 0.3) is 0 Å². The minimum atomic E-state index is 0.472. The molecule has 0 saturated carbocycles. The number of nitrogens with one attached hydrogen (secondary N) is 1. The van der Waals surface area contributed by atoms with Crippen LogP contribution in [0.1, 0.15) is 17.5 Å². The second-order valence-corrected chi connectivity index (χ2v) is 6.30. The van der Waals surface area contributed by atoms with Crippen molar-refractivity contribution in [2.24, 2.45) is 10.7 Å². The predicted molar refractivity (Wildman–Crippen MR) is 113 cm³/mol. The van der Waals surface area contributed by atoms with Crippen LogP contribution >= 0.6 is 0 Å². The van der Waals surface area contributed by atoms with Crippen LogP contribution in [-0.2, 0) is 22.5 Å². The third-order valence-electron chi connectivity index (χ3n) is 4.09. The summed E-state index contributed by atoms with van der Waals surface area (Å²) in [4.78, 5) is 4.31. The number of nitrogens with two attached hydrogens (primary N) is 1. The number of ether oxygens (including phenoxy) is 3. The molecule has 0 spiro atoms. The van der Waals surface area contributed by atoms with Gasteiger partial charge in [-0.15, -0.1) is 0 Å². The van der Waals surface area contributed by atoms with Crippen LogP contribution in [-0.4, -0.2) is 46.0 Å². The Hall–Kier alpha value is -2.57. The molecule has 0 aliphatic rings. The highest BCUT2D eigenvalue weighted by atomic mass is 16.5. The van der Waals surface area contributed by atoms with E-state index in [1.165, 1.54) is 11.1 Å². The van der Waals surface area contributed by atoms with Gasteiger partial charge in [-0.05, 0) is 36.1 Å². The predicted octanol–water partition coefficient (Wildman–Crippen LogP) is 2.77. The number of hydrogen-bond donors (Lipinski definition) is 2. The number of rotatable bonds is 13. The van der Waals surface area contributed by atoms with Crippen LogP contribution in [0.5, 0.6) is 5.75 Å². The molecular weight excluding hydrogens is 354 g/mol. The van der Waals surface area contributed by atoms with Crippen molar-refractivity contribution >= 4 is 5.96 Å². The van der Waals surface area contributed by atoms with E-state index in [9.17, 15) is 0 Å². The average molecular weight is 386 g/mol. The standard InChI is InChI=1S/C22H31N3O3/c1-26-21-10-8-19(9-11-21)12-14-25-22(23)24-13-5-15-27-16-17-28-18-20-6-3-2-4-7-20/h2-4,6-11H,5,12-18H2,1H3,(H3,23,24,25). The fourth-order valence-corrected chi connectivity index (χ4v) is 2.53. The molecule has 2 aromatic rings. The van der Waals surface area contributed by atoms with E-state index in [0.29, 0.717) is 38.9 Å². The minimum absolute atomic E-state index is 0.472. The maximum Gasteiger partial charge on any atom is 0.188 e. The molecule has 0 aromatic heterocycles. The number of nitrogens with zero attached hydrogens (tertiary/aromatic N) is 1. The molecule has 6 nitrogen and oxygen atoms in total. The number of methoxy groups -OCH3 is 1. The Morgan fingerprint density at radius 1 is 0.929 bits per heavy atom. The lowest BCUT2D eigenvalue weighted by Gasteiger charge is -2.07. The first-order chi connectivity index (χ1) is 13.8. The Balaban J connectivity index is 1.43. The number of aliphatic imine (C=N–C) groups is 1. The summed E-state index contributed by atoms with van der Waals surface area (Å²) >= 11 is 0. The Morgan fingerprint density at radius 2 is 1.68 bits per heavy atom. The highest BCUT2D eigenvalue weighted by Crippen LogP contribution is 2.11. The fraction of sp³-hybridized carbons (Fsp3) is 0.409. The third-order valence-corrected chi connectivity index (χ3v) is 4.09. The second-order valence-electron chi connectivity index (χ2n) is 6.30. The van der Waals surface area contributed by atoms with Crippen LogP contribution in [0.2, 0.25) is 0 Å². The maximum absolute atomic E-state index is 5.88. The Bertz CT molecular complexity index is 675. The molecule has 152 valence electrons. The van der Waals surface area contributed by atoms with Gasteiger partial charge in [-0.1, -0.05) is 42.5 Å². The zero-order valence-electron chi connectivity index (χ0n) is 16.6. The van der Waals surface area contributed by atoms with Gasteiger partial charge in [0, 0.05) is 19.7 Å². The smallest absolute Gasteiger partial charge is 0.188 e. The van der Waals surface area contributed by atoms with Crippen molar-refractivity contribution in [2.45, 2.75) is 19.4 Å². The lowest BCUT2D eigenvalue weighted by Crippen LogP contribution is -2.33. The molecule has 2 aromatic carbocycles. The summed E-state index contributed by atoms with van der Waals surface area (Å²) in [5.74, 6) is 1.34. The van der Waals surface area contributed by atoms with Gasteiger partial charge in [0.15, 0.2) is 5.96 Å². The van der Waals surface area contributed by atoms with Gasteiger partial charge in [0.05, 0.1) is 26.9 Å². The van der Waals surface area contributed by atoms with E-state index in [0.717, 1.165) is 25.1 Å². The van der Waals surface area contributed by atoms with Crippen molar-refractivity contribution in [3.63, 3.8) is 0 Å². The molecule has 0 aliphatic heterocycles. The fourth-order valence-electron chi connectivity index (χ4n) is 2.53. The van der Waals surface area contributed by atoms with Gasteiger partial charge in [0.2, 0.25) is 0 Å². The molecule has 0 radical (unpaired) electrons. The van der Waals surface area contributed by atoms with Gasteiger partial charge in [-0.2, -0.15) is 0 Å². The molecule has 28 heavy (non-hydrogen) atoms. The summed E-state index contributed by atoms with van der Waals surface area (Å²) in [6.45, 7) is 3.84. The summed E-state index contributed by atoms with van der Waals surface area (Å²) in [6, 6.07) is 18.1. The van der Waals surface area contributed by atoms with Crippen LogP contribution in [0.15, 0.2) is 59.6 Å². The largest absolute Gasteiger partial charge is 0.497 e. The van der Waals surface area contributed by atoms with E-state index in [4.69, 9.17) is 19.9 Å². The first kappa shape index (κ1) is 21.7. The van der Waals surface area contributed by atoms with Crippen molar-refractivity contribution in [3.05, 3.63) is 65.7 Å². The van der Waals surface area contributed by atoms with Crippen molar-refractivity contribution in [2.75, 3.05) is 40.0 Å². The monoisotopic (exact) mass is 385 g/mol. The lowest BCUT2D eigenvalue weighted by molar-refractivity contribution is 0.0403. The molecule has 0 heterocycles. The first-order valence-electron chi connectivity index (χ1n) is 9.64. The lowest BCUT2D eigenvalue weighted by atomic mass is 10.1. The van der Waals surface area contributed by atoms with Crippen molar-refractivity contribution in [1.82, 2.24) is 5.32 Å². The topological polar surface area (TPSA) is 78.1 Å². The summed E-state index contributed by atoms with van der Waals surface area (Å²) < 4.78 is 16.3. The quantitative estimate of drug-likeness (QED) is 0.315. The summed E-state index contributed by atoms with van der Waals surface area (Å²) in [7, 11) is 1.67. The highest BCUT2D eigenvalue weighted by molar-refractivity contribution is 5.77. The number of guanidine groups is 1. The molecule has 0 fully saturated rings. The summed E-state index contributed by atoms with van der Waals surface area (Å²) in [6.07, 6.45) is 1.71. The van der Waals surface area contributed by atoms with Crippen LogP contribution in [0, 0.1) is 0 Å². The van der Waals surface area contributed by atoms with Crippen LogP contribution in [0.4, 0.5) is 0 Å². The minimum Gasteiger partial charge on any atom is -0.497 e. The van der Waals surface area contributed by atoms with E-state index >= 15 is 0 Å². The molecule has 0 amide bonds. The number of hydrogen-bond acceptors (Lipinski definition) is 4. The molecule has 6 heteroatoms. The van der Waals surface area contributed by atoms with Gasteiger partial charge in [-0.25, -0.2) is 0 Å². The van der Waals surface area contributed by atoms with E-state index in [1.54, 1.807) is 7.11 Å². The molecule has 0 bridgehead atoms. The van der Waals surface area contributed by atoms with E-state index < -0.39 is 0 Å². The summed E-state index contributed by atoms with van der Waals surface area (Å²) in [5, 5.41) is 3.13. The zero-order chi connectivity index (χ0) is 19.9. The van der Waals surface area contributed by atoms with Gasteiger partial charge in [-0.3, -0.25) is 4.99 Å². The Kier molecular flexibility index (Phi) is 10.5. The third kappa shape index (κ3) is 9.39. The zero-order valence-corrected chi connectivity index (χ0v) is 16.6. The van der Waals surface area contributed by atoms with E-state index in [2.05, 4.69) is 22.4 Å². The highest BCUT2D eigenvalue weighted by Gasteiger charge is 1.97. The van der Waals surface area contributed by atoms with Crippen molar-refractivity contribution in [1.29, 1.82) is 0 Å². The average Bonchev–Trinajstić information content (AvgIpc) is 2.74. The molecule has 0 saturated heterocycles. The second kappa shape index (κ2) is 13.6. The Morgan fingerprint density at radius 3 is 2.43 bits per heavy atom. The van der Waals surface area contributed by atoms with E-state index in [1.807, 2.05) is 42.5 Å².